The first kappa shape index (κ1) is 24.1. The van der Waals surface area contributed by atoms with Crippen LogP contribution in [0.1, 0.15) is 18.4 Å². The number of nitrogens with two attached hydrogens (primary N) is 1. The lowest BCUT2D eigenvalue weighted by Crippen LogP contribution is -2.43. The second-order valence-electron chi connectivity index (χ2n) is 6.93. The van der Waals surface area contributed by atoms with Crippen molar-refractivity contribution in [1.82, 2.24) is 20.2 Å². The SMILES string of the molecule is C=C(Br)/C=N\N(C)C(C=C(NC)C1CCN(C(N)=NC#N)CC1)=NCc1cccnc1. The zero-order valence-electron chi connectivity index (χ0n) is 17.9. The van der Waals surface area contributed by atoms with Gasteiger partial charge >= 0.3 is 0 Å². The molecular weight excluding hydrogens is 458 g/mol. The molecule has 0 aliphatic carbocycles. The van der Waals surface area contributed by atoms with Crippen LogP contribution in [0.3, 0.4) is 0 Å². The number of nitrogens with zero attached hydrogens (tertiary/aromatic N) is 7. The first-order valence-electron chi connectivity index (χ1n) is 9.86. The number of pyridine rings is 1. The molecule has 31 heavy (non-hydrogen) atoms. The van der Waals surface area contributed by atoms with Crippen LogP contribution in [0.15, 0.2) is 62.4 Å². The van der Waals surface area contributed by atoms with Crippen molar-refractivity contribution in [2.24, 2.45) is 26.7 Å². The van der Waals surface area contributed by atoms with E-state index < -0.39 is 0 Å². The summed E-state index contributed by atoms with van der Waals surface area (Å²) in [7, 11) is 3.76. The minimum absolute atomic E-state index is 0.277. The average molecular weight is 486 g/mol. The molecular formula is C21H28BrN9. The van der Waals surface area contributed by atoms with Crippen LogP contribution in [0.4, 0.5) is 0 Å². The molecule has 1 aliphatic rings. The van der Waals surface area contributed by atoms with E-state index in [4.69, 9.17) is 16.0 Å². The van der Waals surface area contributed by atoms with E-state index in [0.29, 0.717) is 22.8 Å². The number of piperidine rings is 1. The molecule has 2 rings (SSSR count). The number of hydrazone groups is 1. The van der Waals surface area contributed by atoms with Crippen LogP contribution < -0.4 is 11.1 Å². The van der Waals surface area contributed by atoms with Crippen molar-refractivity contribution >= 4 is 33.9 Å². The van der Waals surface area contributed by atoms with Crippen LogP contribution >= 0.6 is 15.9 Å². The summed E-state index contributed by atoms with van der Waals surface area (Å²) in [5, 5.41) is 18.1. The number of guanidine groups is 1. The van der Waals surface area contributed by atoms with Gasteiger partial charge in [0, 0.05) is 61.8 Å². The van der Waals surface area contributed by atoms with Gasteiger partial charge in [0.05, 0.1) is 12.8 Å². The van der Waals surface area contributed by atoms with Gasteiger partial charge in [-0.1, -0.05) is 12.6 Å². The number of amidine groups is 1. The lowest BCUT2D eigenvalue weighted by molar-refractivity contribution is 0.283. The summed E-state index contributed by atoms with van der Waals surface area (Å²) in [6.07, 6.45) is 10.7. The maximum atomic E-state index is 8.70. The van der Waals surface area contributed by atoms with Crippen molar-refractivity contribution in [3.8, 4) is 6.19 Å². The van der Waals surface area contributed by atoms with Gasteiger partial charge in [0.2, 0.25) is 12.2 Å². The Labute approximate surface area is 191 Å². The number of likely N-dealkylation sites (N-methyl/N-ethyl adjacent to an activating group) is 1. The van der Waals surface area contributed by atoms with Crippen molar-refractivity contribution in [2.75, 3.05) is 27.2 Å². The highest BCUT2D eigenvalue weighted by Crippen LogP contribution is 2.23. The molecule has 0 atom stereocenters. The Morgan fingerprint density at radius 3 is 2.84 bits per heavy atom. The van der Waals surface area contributed by atoms with Gasteiger partial charge in [-0.25, -0.2) is 0 Å². The predicted molar refractivity (Wildman–Crippen MR) is 128 cm³/mol. The highest BCUT2D eigenvalue weighted by atomic mass is 79.9. The highest BCUT2D eigenvalue weighted by Gasteiger charge is 2.23. The van der Waals surface area contributed by atoms with E-state index in [1.54, 1.807) is 29.8 Å². The number of hydrogen-bond acceptors (Lipinski definition) is 6. The van der Waals surface area contributed by atoms with Crippen molar-refractivity contribution in [2.45, 2.75) is 19.4 Å². The van der Waals surface area contributed by atoms with Gasteiger partial charge in [-0.15, -0.1) is 4.99 Å². The number of nitrogens with one attached hydrogen (secondary N) is 1. The molecule has 9 nitrogen and oxygen atoms in total. The third kappa shape index (κ3) is 7.86. The van der Waals surface area contributed by atoms with Crippen LogP contribution in [0, 0.1) is 17.4 Å². The Hall–Kier alpha value is -3.19. The molecule has 10 heteroatoms. The molecule has 1 aromatic rings. The van der Waals surface area contributed by atoms with Crippen LogP contribution in [0.2, 0.25) is 0 Å². The Morgan fingerprint density at radius 2 is 2.26 bits per heavy atom. The molecule has 1 saturated heterocycles. The largest absolute Gasteiger partial charge is 0.391 e. The van der Waals surface area contributed by atoms with E-state index in [2.05, 4.69) is 42.9 Å². The van der Waals surface area contributed by atoms with E-state index in [-0.39, 0.29) is 5.96 Å². The van der Waals surface area contributed by atoms with E-state index in [0.717, 1.165) is 37.2 Å². The van der Waals surface area contributed by atoms with E-state index in [9.17, 15) is 0 Å². The normalized spacial score (nSPS) is 16.3. The summed E-state index contributed by atoms with van der Waals surface area (Å²) >= 11 is 3.29. The quantitative estimate of drug-likeness (QED) is 0.265. The summed E-state index contributed by atoms with van der Waals surface area (Å²) in [6, 6.07) is 3.88. The molecule has 3 N–H and O–H groups in total. The molecule has 0 aromatic carbocycles. The molecule has 164 valence electrons. The average Bonchev–Trinajstić information content (AvgIpc) is 2.78. The number of aromatic nitrogens is 1. The minimum atomic E-state index is 0.277. The zero-order valence-corrected chi connectivity index (χ0v) is 19.5. The molecule has 0 spiro atoms. The van der Waals surface area contributed by atoms with Gasteiger partial charge in [0.1, 0.15) is 5.84 Å². The monoisotopic (exact) mass is 485 g/mol. The summed E-state index contributed by atoms with van der Waals surface area (Å²) in [6.45, 7) is 5.75. The topological polar surface area (TPSA) is 118 Å². The highest BCUT2D eigenvalue weighted by molar-refractivity contribution is 9.12. The predicted octanol–water partition coefficient (Wildman–Crippen LogP) is 2.42. The van der Waals surface area contributed by atoms with Crippen LogP contribution in [-0.2, 0) is 6.54 Å². The number of allylic oxidation sites excluding steroid dienone is 2. The molecule has 1 fully saturated rings. The number of hydrogen-bond donors (Lipinski definition) is 2. The van der Waals surface area contributed by atoms with Crippen LogP contribution in [0.5, 0.6) is 0 Å². The van der Waals surface area contributed by atoms with E-state index in [1.807, 2.05) is 37.2 Å². The maximum absolute atomic E-state index is 8.70. The summed E-state index contributed by atoms with van der Waals surface area (Å²) in [5.41, 5.74) is 7.94. The summed E-state index contributed by atoms with van der Waals surface area (Å²) in [5.74, 6) is 1.30. The van der Waals surface area contributed by atoms with Gasteiger partial charge in [-0.2, -0.15) is 10.4 Å². The lowest BCUT2D eigenvalue weighted by atomic mass is 9.93. The summed E-state index contributed by atoms with van der Waals surface area (Å²) in [4.78, 5) is 14.5. The molecule has 0 radical (unpaired) electrons. The van der Waals surface area contributed by atoms with Crippen molar-refractivity contribution in [3.63, 3.8) is 0 Å². The van der Waals surface area contributed by atoms with E-state index >= 15 is 0 Å². The maximum Gasteiger partial charge on any atom is 0.209 e. The zero-order chi connectivity index (χ0) is 22.6. The fourth-order valence-corrected chi connectivity index (χ4v) is 3.28. The van der Waals surface area contributed by atoms with Gasteiger partial charge < -0.3 is 16.0 Å². The van der Waals surface area contributed by atoms with Crippen molar-refractivity contribution in [1.29, 1.82) is 5.26 Å². The second kappa shape index (κ2) is 12.5. The number of aliphatic imine (C=N–C) groups is 2. The smallest absolute Gasteiger partial charge is 0.209 e. The fourth-order valence-electron chi connectivity index (χ4n) is 3.19. The standard InChI is InChI=1S/C21H28BrN9/c1-16(22)12-29-30(3)20(27-14-17-5-4-8-26-13-17)11-19(25-2)18-6-9-31(10-7-18)21(24)28-15-23/h4-5,8,11-13,18,25H,1,6-7,9-10,14H2,2-3H3,(H2,24,28)/b19-11?,27-20?,29-12-. The Balaban J connectivity index is 2.21. The number of likely N-dealkylation sites (tertiary alicyclic amines) is 1. The van der Waals surface area contributed by atoms with Crippen LogP contribution in [-0.4, -0.2) is 60.1 Å². The fraction of sp³-hybridized carbons (Fsp3) is 0.381. The van der Waals surface area contributed by atoms with Crippen molar-refractivity contribution < 1.29 is 0 Å². The van der Waals surface area contributed by atoms with E-state index in [1.165, 1.54) is 0 Å². The van der Waals surface area contributed by atoms with Crippen LogP contribution in [0.25, 0.3) is 0 Å². The third-order valence-electron chi connectivity index (χ3n) is 4.85. The molecule has 2 heterocycles. The minimum Gasteiger partial charge on any atom is -0.391 e. The first-order chi connectivity index (χ1) is 14.9. The number of rotatable bonds is 7. The Morgan fingerprint density at radius 1 is 1.52 bits per heavy atom. The Bertz CT molecular complexity index is 891. The third-order valence-corrected chi connectivity index (χ3v) is 5.05. The van der Waals surface area contributed by atoms with Gasteiger partial charge in [-0.3, -0.25) is 15.0 Å². The van der Waals surface area contributed by atoms with Gasteiger partial charge in [-0.05, 0) is 40.4 Å². The Kier molecular flexibility index (Phi) is 9.71. The van der Waals surface area contributed by atoms with Crippen molar-refractivity contribution in [3.05, 3.63) is 52.9 Å². The first-order valence-corrected chi connectivity index (χ1v) is 10.7. The van der Waals surface area contributed by atoms with Gasteiger partial charge in [0.25, 0.3) is 0 Å². The molecule has 0 bridgehead atoms. The molecule has 0 amide bonds. The molecule has 1 aromatic heterocycles. The summed E-state index contributed by atoms with van der Waals surface area (Å²) < 4.78 is 0.674. The number of halogens is 1. The molecule has 0 saturated carbocycles. The van der Waals surface area contributed by atoms with Gasteiger partial charge in [0.15, 0.2) is 0 Å². The molecule has 1 aliphatic heterocycles. The number of nitriles is 1. The lowest BCUT2D eigenvalue weighted by Gasteiger charge is -2.33. The second-order valence-corrected chi connectivity index (χ2v) is 7.95. The molecule has 0 unspecified atom stereocenters.